The Balaban J connectivity index is 1.16. The van der Waals surface area contributed by atoms with E-state index in [2.05, 4.69) is 210 Å². The number of hydrogen-bond donors (Lipinski definition) is 0. The first-order chi connectivity index (χ1) is 31.2. The molecule has 5 heteroatoms. The molecule has 0 fully saturated rings. The van der Waals surface area contributed by atoms with Crippen molar-refractivity contribution in [3.63, 3.8) is 0 Å². The molecule has 0 radical (unpaired) electrons. The van der Waals surface area contributed by atoms with Crippen LogP contribution in [0.5, 0.6) is 0 Å². The van der Waals surface area contributed by atoms with Crippen LogP contribution in [-0.4, -0.2) is 24.1 Å². The molecule has 0 aliphatic rings. The van der Waals surface area contributed by atoms with Gasteiger partial charge in [0.05, 0.1) is 22.1 Å². The molecule has 0 amide bonds. The van der Waals surface area contributed by atoms with Crippen LogP contribution in [0, 0.1) is 6.92 Å². The highest BCUT2D eigenvalue weighted by Gasteiger charge is 2.24. The summed E-state index contributed by atoms with van der Waals surface area (Å²) in [5.41, 5.74) is 15.5. The molecule has 296 valence electrons. The minimum Gasteiger partial charge on any atom is -0.307 e. The van der Waals surface area contributed by atoms with Gasteiger partial charge in [-0.25, -0.2) is 4.98 Å². The smallest absolute Gasteiger partial charge is 0.238 e. The van der Waals surface area contributed by atoms with Gasteiger partial charge in [-0.05, 0) is 70.1 Å². The summed E-state index contributed by atoms with van der Waals surface area (Å²) in [6.45, 7) is 2.19. The van der Waals surface area contributed by atoms with Gasteiger partial charge >= 0.3 is 0 Å². The second kappa shape index (κ2) is 14.9. The highest BCUT2D eigenvalue weighted by molar-refractivity contribution is 6.23. The zero-order valence-electron chi connectivity index (χ0n) is 34.5. The zero-order valence-corrected chi connectivity index (χ0v) is 34.5. The van der Waals surface area contributed by atoms with Crippen LogP contribution in [0.4, 0.5) is 0 Å². The van der Waals surface area contributed by atoms with E-state index in [9.17, 15) is 0 Å². The van der Waals surface area contributed by atoms with Gasteiger partial charge in [0, 0.05) is 38.4 Å². The summed E-state index contributed by atoms with van der Waals surface area (Å²) in [7, 11) is 0. The fraction of sp³-hybridized carbons (Fsp3) is 0.0172. The number of aryl methyl sites for hydroxylation is 1. The Hall–Kier alpha value is -8.41. The molecule has 0 atom stereocenters. The normalized spacial score (nSPS) is 11.6. The van der Waals surface area contributed by atoms with Crippen molar-refractivity contribution in [1.29, 1.82) is 0 Å². The number of rotatable bonds is 7. The molecule has 12 rings (SSSR count). The maximum absolute atomic E-state index is 5.38. The predicted molar refractivity (Wildman–Crippen MR) is 260 cm³/mol. The highest BCUT2D eigenvalue weighted by Crippen LogP contribution is 2.43. The molecular formula is C58H39N5. The Bertz CT molecular complexity index is 3660. The predicted octanol–water partition coefficient (Wildman–Crippen LogP) is 14.7. The lowest BCUT2D eigenvalue weighted by Gasteiger charge is -2.17. The zero-order chi connectivity index (χ0) is 41.9. The van der Waals surface area contributed by atoms with E-state index in [1.54, 1.807) is 0 Å². The molecule has 0 unspecified atom stereocenters. The summed E-state index contributed by atoms with van der Waals surface area (Å²) < 4.78 is 4.71. The third-order valence-corrected chi connectivity index (χ3v) is 12.4. The van der Waals surface area contributed by atoms with Gasteiger partial charge in [-0.1, -0.05) is 194 Å². The third-order valence-electron chi connectivity index (χ3n) is 12.4. The summed E-state index contributed by atoms with van der Waals surface area (Å²) in [4.78, 5) is 15.9. The summed E-state index contributed by atoms with van der Waals surface area (Å²) >= 11 is 0. The maximum Gasteiger partial charge on any atom is 0.238 e. The van der Waals surface area contributed by atoms with Gasteiger partial charge < -0.3 is 4.57 Å². The molecule has 0 saturated carbocycles. The van der Waals surface area contributed by atoms with Crippen LogP contribution in [0.15, 0.2) is 218 Å². The molecule has 3 aromatic heterocycles. The van der Waals surface area contributed by atoms with Crippen molar-refractivity contribution in [2.75, 3.05) is 0 Å². The van der Waals surface area contributed by atoms with Crippen LogP contribution in [-0.2, 0) is 0 Å². The van der Waals surface area contributed by atoms with Crippen molar-refractivity contribution >= 4 is 43.6 Å². The van der Waals surface area contributed by atoms with Crippen molar-refractivity contribution in [3.8, 4) is 67.8 Å². The van der Waals surface area contributed by atoms with Crippen molar-refractivity contribution in [1.82, 2.24) is 24.1 Å². The lowest BCUT2D eigenvalue weighted by molar-refractivity contribution is 0.953. The number of fused-ring (bicyclic) bond motifs is 7. The Morgan fingerprint density at radius 2 is 0.794 bits per heavy atom. The van der Waals surface area contributed by atoms with Crippen molar-refractivity contribution in [2.24, 2.45) is 0 Å². The third kappa shape index (κ3) is 6.13. The highest BCUT2D eigenvalue weighted by atomic mass is 15.2. The van der Waals surface area contributed by atoms with E-state index in [0.717, 1.165) is 66.2 Å². The monoisotopic (exact) mass is 805 g/mol. The van der Waals surface area contributed by atoms with Crippen LogP contribution in [0.2, 0.25) is 0 Å². The van der Waals surface area contributed by atoms with E-state index in [1.165, 1.54) is 33.2 Å². The molecule has 12 aromatic rings. The van der Waals surface area contributed by atoms with E-state index >= 15 is 0 Å². The van der Waals surface area contributed by atoms with Gasteiger partial charge in [-0.3, -0.25) is 4.57 Å². The first-order valence-electron chi connectivity index (χ1n) is 21.4. The lowest BCUT2D eigenvalue weighted by atomic mass is 9.91. The Morgan fingerprint density at radius 1 is 0.317 bits per heavy atom. The summed E-state index contributed by atoms with van der Waals surface area (Å²) in [5, 5.41) is 4.58. The van der Waals surface area contributed by atoms with Gasteiger partial charge in [-0.2, -0.15) is 9.97 Å². The minimum atomic E-state index is 0.557. The second-order valence-corrected chi connectivity index (χ2v) is 16.1. The molecule has 9 aromatic carbocycles. The molecule has 5 nitrogen and oxygen atoms in total. The second-order valence-electron chi connectivity index (χ2n) is 16.1. The average Bonchev–Trinajstić information content (AvgIpc) is 3.88. The minimum absolute atomic E-state index is 0.557. The maximum atomic E-state index is 5.38. The van der Waals surface area contributed by atoms with E-state index in [1.807, 2.05) is 24.3 Å². The topological polar surface area (TPSA) is 48.5 Å². The van der Waals surface area contributed by atoms with Crippen LogP contribution in [0.25, 0.3) is 111 Å². The SMILES string of the molecule is Cc1ccccc1-c1ccc(-n2c3ccccc3c3ccc4c5ccccc5n(-c5nc(-c6ccccc6)nc(-c6ccc(-c7ccccc7)cc6)n5)c4c32)cc1-c1ccccc1. The molecule has 0 aliphatic carbocycles. The Kier molecular flexibility index (Phi) is 8.64. The molecular weight excluding hydrogens is 767 g/mol. The van der Waals surface area contributed by atoms with Gasteiger partial charge in [0.15, 0.2) is 11.6 Å². The largest absolute Gasteiger partial charge is 0.307 e. The van der Waals surface area contributed by atoms with Crippen molar-refractivity contribution in [2.45, 2.75) is 6.92 Å². The average molecular weight is 806 g/mol. The lowest BCUT2D eigenvalue weighted by Crippen LogP contribution is -2.07. The Morgan fingerprint density at radius 3 is 1.43 bits per heavy atom. The van der Waals surface area contributed by atoms with Crippen LogP contribution in [0.3, 0.4) is 0 Å². The number of aromatic nitrogens is 5. The first-order valence-corrected chi connectivity index (χ1v) is 21.4. The molecule has 3 heterocycles. The van der Waals surface area contributed by atoms with Crippen molar-refractivity contribution < 1.29 is 0 Å². The van der Waals surface area contributed by atoms with Gasteiger partial charge in [0.2, 0.25) is 5.95 Å². The molecule has 63 heavy (non-hydrogen) atoms. The molecule has 0 bridgehead atoms. The van der Waals surface area contributed by atoms with E-state index < -0.39 is 0 Å². The summed E-state index contributed by atoms with van der Waals surface area (Å²) in [6.07, 6.45) is 0. The van der Waals surface area contributed by atoms with Crippen LogP contribution < -0.4 is 0 Å². The van der Waals surface area contributed by atoms with Gasteiger partial charge in [-0.15, -0.1) is 0 Å². The van der Waals surface area contributed by atoms with Gasteiger partial charge in [0.1, 0.15) is 0 Å². The summed E-state index contributed by atoms with van der Waals surface area (Å²) in [5.74, 6) is 1.78. The fourth-order valence-corrected chi connectivity index (χ4v) is 9.37. The van der Waals surface area contributed by atoms with Gasteiger partial charge in [0.25, 0.3) is 0 Å². The molecule has 0 spiro atoms. The first kappa shape index (κ1) is 36.4. The fourth-order valence-electron chi connectivity index (χ4n) is 9.37. The van der Waals surface area contributed by atoms with Crippen LogP contribution in [0.1, 0.15) is 5.56 Å². The number of hydrogen-bond acceptors (Lipinski definition) is 3. The quantitative estimate of drug-likeness (QED) is 0.161. The standard InChI is InChI=1S/C58H39N5/c1-38-17-11-12-24-45(38)46-34-33-44(37-51(46)41-20-7-3-8-21-41)62-52-27-15-13-25-47(52)49-35-36-50-48-26-14-16-28-53(48)63(55(50)54(49)62)58-60-56(42-22-9-4-10-23-42)59-57(61-58)43-31-29-40(30-32-43)39-18-5-2-6-19-39/h2-37H,1H3. The molecule has 0 aliphatic heterocycles. The summed E-state index contributed by atoms with van der Waals surface area (Å²) in [6, 6.07) is 77.4. The number of nitrogens with zero attached hydrogens (tertiary/aromatic N) is 5. The van der Waals surface area contributed by atoms with E-state index in [-0.39, 0.29) is 0 Å². The number of benzene rings is 9. The van der Waals surface area contributed by atoms with Crippen LogP contribution >= 0.6 is 0 Å². The molecule has 0 N–H and O–H groups in total. The van der Waals surface area contributed by atoms with E-state index in [0.29, 0.717) is 17.6 Å². The molecule has 0 saturated heterocycles. The van der Waals surface area contributed by atoms with E-state index in [4.69, 9.17) is 15.0 Å². The Labute approximate surface area is 364 Å². The number of para-hydroxylation sites is 2. The van der Waals surface area contributed by atoms with Crippen molar-refractivity contribution in [3.05, 3.63) is 224 Å².